The Hall–Kier alpha value is -2.14. The van der Waals surface area contributed by atoms with Crippen LogP contribution >= 0.6 is 0 Å². The summed E-state index contributed by atoms with van der Waals surface area (Å²) in [6.45, 7) is 4.47. The Morgan fingerprint density at radius 1 is 1.35 bits per heavy atom. The molecule has 1 amide bonds. The lowest BCUT2D eigenvalue weighted by Gasteiger charge is -2.23. The molecule has 122 valence electrons. The molecule has 1 unspecified atom stereocenters. The van der Waals surface area contributed by atoms with Gasteiger partial charge in [0.25, 0.3) is 5.91 Å². The van der Waals surface area contributed by atoms with Gasteiger partial charge in [0.1, 0.15) is 0 Å². The first-order valence-electron chi connectivity index (χ1n) is 8.18. The van der Waals surface area contributed by atoms with Crippen molar-refractivity contribution in [3.05, 3.63) is 46.8 Å². The van der Waals surface area contributed by atoms with Crippen LogP contribution in [0, 0.1) is 6.92 Å². The van der Waals surface area contributed by atoms with E-state index < -0.39 is 0 Å². The van der Waals surface area contributed by atoms with Gasteiger partial charge in [-0.25, -0.2) is 4.68 Å². The number of rotatable bonds is 4. The number of fused-ring (bicyclic) bond motifs is 1. The highest BCUT2D eigenvalue weighted by Gasteiger charge is 2.29. The molecule has 1 atom stereocenters. The Morgan fingerprint density at radius 3 is 2.70 bits per heavy atom. The number of hydrogen-bond acceptors (Lipinski definition) is 3. The fraction of sp³-hybridized carbons (Fsp3) is 0.444. The fourth-order valence-corrected chi connectivity index (χ4v) is 3.03. The highest BCUT2D eigenvalue weighted by molar-refractivity contribution is 5.94. The summed E-state index contributed by atoms with van der Waals surface area (Å²) >= 11 is 0. The summed E-state index contributed by atoms with van der Waals surface area (Å²) in [6.07, 6.45) is 2.97. The van der Waals surface area contributed by atoms with Gasteiger partial charge in [0.15, 0.2) is 5.69 Å². The van der Waals surface area contributed by atoms with Gasteiger partial charge in [-0.2, -0.15) is 5.10 Å². The molecule has 0 saturated carbocycles. The number of hydrogen-bond donors (Lipinski definition) is 1. The molecule has 0 aliphatic heterocycles. The Kier molecular flexibility index (Phi) is 4.22. The van der Waals surface area contributed by atoms with Crippen molar-refractivity contribution in [3.63, 3.8) is 0 Å². The van der Waals surface area contributed by atoms with Crippen LogP contribution in [0.25, 0.3) is 5.69 Å². The summed E-state index contributed by atoms with van der Waals surface area (Å²) in [5.74, 6) is -0.0352. The van der Waals surface area contributed by atoms with Gasteiger partial charge >= 0.3 is 0 Å². The molecule has 1 aromatic carbocycles. The topological polar surface area (TPSA) is 64.2 Å². The lowest BCUT2D eigenvalue weighted by Crippen LogP contribution is -2.40. The summed E-state index contributed by atoms with van der Waals surface area (Å²) in [5, 5.41) is 4.65. The van der Waals surface area contributed by atoms with Crippen molar-refractivity contribution in [1.29, 1.82) is 0 Å². The van der Waals surface area contributed by atoms with E-state index in [0.29, 0.717) is 12.2 Å². The molecule has 0 radical (unpaired) electrons. The smallest absolute Gasteiger partial charge is 0.274 e. The van der Waals surface area contributed by atoms with Crippen LogP contribution in [0.1, 0.15) is 40.7 Å². The minimum Gasteiger partial charge on any atom is -0.336 e. The number of amides is 1. The molecule has 0 bridgehead atoms. The Labute approximate surface area is 137 Å². The predicted molar refractivity (Wildman–Crippen MR) is 90.9 cm³/mol. The number of carbonyl (C=O) groups is 1. The molecule has 1 aliphatic rings. The van der Waals surface area contributed by atoms with Gasteiger partial charge in [-0.05, 0) is 45.2 Å². The molecule has 5 nitrogen and oxygen atoms in total. The van der Waals surface area contributed by atoms with Gasteiger partial charge in [0.05, 0.1) is 5.69 Å². The molecule has 0 saturated heterocycles. The van der Waals surface area contributed by atoms with Gasteiger partial charge in [0, 0.05) is 30.9 Å². The third kappa shape index (κ3) is 2.77. The zero-order valence-electron chi connectivity index (χ0n) is 14.0. The number of benzene rings is 1. The first-order chi connectivity index (χ1) is 11.0. The third-order valence-corrected chi connectivity index (χ3v) is 4.73. The zero-order chi connectivity index (χ0) is 16.6. The van der Waals surface area contributed by atoms with E-state index in [0.717, 1.165) is 30.5 Å². The molecule has 5 heteroatoms. The van der Waals surface area contributed by atoms with Crippen molar-refractivity contribution in [3.8, 4) is 5.69 Å². The Bertz CT molecular complexity index is 717. The van der Waals surface area contributed by atoms with Gasteiger partial charge < -0.3 is 10.6 Å². The molecular weight excluding hydrogens is 288 g/mol. The standard InChI is InChI=1S/C18H24N4O/c1-12-7-9-14(10-8-12)22-16-6-4-5-15(16)17(20-22)18(23)21(3)13(2)11-19/h7-10,13H,4-6,11,19H2,1-3H3. The maximum Gasteiger partial charge on any atom is 0.274 e. The van der Waals surface area contributed by atoms with Gasteiger partial charge in [0.2, 0.25) is 0 Å². The molecule has 3 rings (SSSR count). The van der Waals surface area contributed by atoms with Crippen LogP contribution in [0.2, 0.25) is 0 Å². The minimum atomic E-state index is -0.0352. The van der Waals surface area contributed by atoms with Crippen molar-refractivity contribution < 1.29 is 4.79 Å². The summed E-state index contributed by atoms with van der Waals surface area (Å²) in [7, 11) is 1.80. The van der Waals surface area contributed by atoms with E-state index in [9.17, 15) is 4.79 Å². The summed E-state index contributed by atoms with van der Waals surface area (Å²) in [5.41, 5.74) is 10.8. The maximum atomic E-state index is 12.8. The van der Waals surface area contributed by atoms with Gasteiger partial charge in [-0.1, -0.05) is 17.7 Å². The summed E-state index contributed by atoms with van der Waals surface area (Å²) in [4.78, 5) is 14.5. The normalized spacial score (nSPS) is 14.6. The van der Waals surface area contributed by atoms with Crippen LogP contribution in [0.5, 0.6) is 0 Å². The van der Waals surface area contributed by atoms with E-state index in [1.807, 2.05) is 11.6 Å². The SMILES string of the molecule is Cc1ccc(-n2nc(C(=O)N(C)C(C)CN)c3c2CCC3)cc1. The number of aromatic nitrogens is 2. The molecule has 23 heavy (non-hydrogen) atoms. The second-order valence-electron chi connectivity index (χ2n) is 6.38. The molecular formula is C18H24N4O. The van der Waals surface area contributed by atoms with E-state index in [1.165, 1.54) is 11.3 Å². The monoisotopic (exact) mass is 312 g/mol. The summed E-state index contributed by atoms with van der Waals surface area (Å²) < 4.78 is 1.94. The molecule has 0 spiro atoms. The summed E-state index contributed by atoms with van der Waals surface area (Å²) in [6, 6.07) is 8.26. The van der Waals surface area contributed by atoms with E-state index >= 15 is 0 Å². The number of nitrogens with zero attached hydrogens (tertiary/aromatic N) is 3. The van der Waals surface area contributed by atoms with Crippen LogP contribution in [0.15, 0.2) is 24.3 Å². The average Bonchev–Trinajstić information content (AvgIpc) is 3.16. The first kappa shape index (κ1) is 15.7. The number of aryl methyl sites for hydroxylation is 1. The van der Waals surface area contributed by atoms with Crippen molar-refractivity contribution in [1.82, 2.24) is 14.7 Å². The Morgan fingerprint density at radius 2 is 2.04 bits per heavy atom. The van der Waals surface area contributed by atoms with Crippen molar-refractivity contribution in [2.45, 2.75) is 39.2 Å². The molecule has 1 aliphatic carbocycles. The van der Waals surface area contributed by atoms with Gasteiger partial charge in [-0.3, -0.25) is 4.79 Å². The van der Waals surface area contributed by atoms with E-state index in [-0.39, 0.29) is 11.9 Å². The molecule has 1 heterocycles. The van der Waals surface area contributed by atoms with Crippen LogP contribution in [-0.2, 0) is 12.8 Å². The van der Waals surface area contributed by atoms with Crippen LogP contribution < -0.4 is 5.73 Å². The maximum absolute atomic E-state index is 12.8. The highest BCUT2D eigenvalue weighted by atomic mass is 16.2. The van der Waals surface area contributed by atoms with Crippen LogP contribution in [0.4, 0.5) is 0 Å². The zero-order valence-corrected chi connectivity index (χ0v) is 14.0. The number of nitrogens with two attached hydrogens (primary N) is 1. The van der Waals surface area contributed by atoms with Gasteiger partial charge in [-0.15, -0.1) is 0 Å². The second-order valence-corrected chi connectivity index (χ2v) is 6.38. The lowest BCUT2D eigenvalue weighted by atomic mass is 10.1. The van der Waals surface area contributed by atoms with E-state index in [2.05, 4.69) is 36.3 Å². The predicted octanol–water partition coefficient (Wildman–Crippen LogP) is 2.09. The number of carbonyl (C=O) groups excluding carboxylic acids is 1. The molecule has 0 fully saturated rings. The van der Waals surface area contributed by atoms with E-state index in [1.54, 1.807) is 11.9 Å². The Balaban J connectivity index is 2.02. The molecule has 2 N–H and O–H groups in total. The van der Waals surface area contributed by atoms with Crippen LogP contribution in [-0.4, -0.2) is 40.2 Å². The quantitative estimate of drug-likeness (QED) is 0.940. The minimum absolute atomic E-state index is 0.00378. The fourth-order valence-electron chi connectivity index (χ4n) is 3.03. The van der Waals surface area contributed by atoms with Crippen LogP contribution in [0.3, 0.4) is 0 Å². The van der Waals surface area contributed by atoms with Crippen molar-refractivity contribution >= 4 is 5.91 Å². The number of likely N-dealkylation sites (N-methyl/N-ethyl adjacent to an activating group) is 1. The lowest BCUT2D eigenvalue weighted by molar-refractivity contribution is 0.0741. The van der Waals surface area contributed by atoms with Crippen molar-refractivity contribution in [2.75, 3.05) is 13.6 Å². The molecule has 2 aromatic rings. The third-order valence-electron chi connectivity index (χ3n) is 4.73. The highest BCUT2D eigenvalue weighted by Crippen LogP contribution is 2.28. The molecule has 1 aromatic heterocycles. The second kappa shape index (κ2) is 6.16. The van der Waals surface area contributed by atoms with Crippen molar-refractivity contribution in [2.24, 2.45) is 5.73 Å². The average molecular weight is 312 g/mol. The largest absolute Gasteiger partial charge is 0.336 e. The van der Waals surface area contributed by atoms with E-state index in [4.69, 9.17) is 5.73 Å². The first-order valence-corrected chi connectivity index (χ1v) is 8.18.